The summed E-state index contributed by atoms with van der Waals surface area (Å²) < 4.78 is 0. The summed E-state index contributed by atoms with van der Waals surface area (Å²) in [5, 5.41) is 0.609. The summed E-state index contributed by atoms with van der Waals surface area (Å²) in [6.45, 7) is 0.293. The molecule has 76 valence electrons. The molecule has 0 N–H and O–H groups in total. The molecule has 0 amide bonds. The second-order valence-electron chi connectivity index (χ2n) is 3.15. The van der Waals surface area contributed by atoms with E-state index in [-0.39, 0.29) is 10.9 Å². The van der Waals surface area contributed by atoms with Crippen molar-refractivity contribution in [2.75, 3.05) is 20.6 Å². The summed E-state index contributed by atoms with van der Waals surface area (Å²) in [6, 6.07) is 1.53. The lowest BCUT2D eigenvalue weighted by atomic mass is 10.2. The van der Waals surface area contributed by atoms with Crippen LogP contribution in [-0.2, 0) is 0 Å². The van der Waals surface area contributed by atoms with E-state index in [1.165, 1.54) is 12.3 Å². The van der Waals surface area contributed by atoms with Gasteiger partial charge in [0.05, 0.1) is 17.1 Å². The average molecular weight is 233 g/mol. The van der Waals surface area contributed by atoms with Crippen LogP contribution in [-0.4, -0.2) is 36.3 Å². The minimum Gasteiger partial charge on any atom is -0.302 e. The Bertz CT molecular complexity index is 353. The summed E-state index contributed by atoms with van der Waals surface area (Å²) in [7, 11) is 3.62. The minimum atomic E-state index is -0.0880. The molecule has 0 saturated carbocycles. The van der Waals surface area contributed by atoms with Gasteiger partial charge in [0.25, 0.3) is 0 Å². The standard InChI is InChI=1S/C9H10Cl2N2O/c1-13(2)5-8(14)7-3-6(10)4-12-9(7)11/h3-4H,5H2,1-2H3. The SMILES string of the molecule is CN(C)CC(=O)c1cc(Cl)cnc1Cl. The van der Waals surface area contributed by atoms with Gasteiger partial charge < -0.3 is 4.90 Å². The fraction of sp³-hybridized carbons (Fsp3) is 0.333. The van der Waals surface area contributed by atoms with Gasteiger partial charge in [-0.05, 0) is 20.2 Å². The van der Waals surface area contributed by atoms with Crippen molar-refractivity contribution in [3.63, 3.8) is 0 Å². The Morgan fingerprint density at radius 3 is 2.71 bits per heavy atom. The molecule has 0 aliphatic heterocycles. The van der Waals surface area contributed by atoms with Gasteiger partial charge >= 0.3 is 0 Å². The third-order valence-electron chi connectivity index (χ3n) is 1.57. The molecule has 1 aromatic rings. The molecule has 0 aliphatic rings. The van der Waals surface area contributed by atoms with Gasteiger partial charge in [-0.25, -0.2) is 4.98 Å². The molecule has 0 spiro atoms. The Morgan fingerprint density at radius 2 is 2.14 bits per heavy atom. The van der Waals surface area contributed by atoms with Crippen LogP contribution in [0.25, 0.3) is 0 Å². The van der Waals surface area contributed by atoms with Gasteiger partial charge in [-0.3, -0.25) is 4.79 Å². The van der Waals surface area contributed by atoms with Gasteiger partial charge in [0.2, 0.25) is 0 Å². The number of Topliss-reactive ketones (excluding diaryl/α,β-unsaturated/α-hetero) is 1. The maximum atomic E-state index is 11.6. The minimum absolute atomic E-state index is 0.0880. The van der Waals surface area contributed by atoms with Crippen LogP contribution in [0.2, 0.25) is 10.2 Å². The number of halogens is 2. The summed E-state index contributed by atoms with van der Waals surface area (Å²) in [5.41, 5.74) is 0.368. The lowest BCUT2D eigenvalue weighted by Crippen LogP contribution is -2.22. The van der Waals surface area contributed by atoms with E-state index in [1.807, 2.05) is 14.1 Å². The number of nitrogens with zero attached hydrogens (tertiary/aromatic N) is 2. The van der Waals surface area contributed by atoms with E-state index in [0.29, 0.717) is 17.1 Å². The molecule has 1 aromatic heterocycles. The first-order valence-corrected chi connectivity index (χ1v) is 4.75. The van der Waals surface area contributed by atoms with Crippen molar-refractivity contribution >= 4 is 29.0 Å². The van der Waals surface area contributed by atoms with E-state index >= 15 is 0 Å². The molecule has 0 aromatic carbocycles. The number of carbonyl (C=O) groups excluding carboxylic acids is 1. The van der Waals surface area contributed by atoms with Crippen LogP contribution in [0.4, 0.5) is 0 Å². The van der Waals surface area contributed by atoms with E-state index in [1.54, 1.807) is 4.90 Å². The highest BCUT2D eigenvalue weighted by atomic mass is 35.5. The van der Waals surface area contributed by atoms with Crippen molar-refractivity contribution in [3.05, 3.63) is 28.0 Å². The van der Waals surface area contributed by atoms with Crippen molar-refractivity contribution in [2.24, 2.45) is 0 Å². The monoisotopic (exact) mass is 232 g/mol. The molecule has 0 atom stereocenters. The Morgan fingerprint density at radius 1 is 1.50 bits per heavy atom. The van der Waals surface area contributed by atoms with Gasteiger partial charge in [-0.2, -0.15) is 0 Å². The molecule has 1 heterocycles. The van der Waals surface area contributed by atoms with E-state index in [9.17, 15) is 4.79 Å². The van der Waals surface area contributed by atoms with Crippen molar-refractivity contribution < 1.29 is 4.79 Å². The first kappa shape index (κ1) is 11.4. The average Bonchev–Trinajstić information content (AvgIpc) is 2.08. The van der Waals surface area contributed by atoms with E-state index in [0.717, 1.165) is 0 Å². The molecule has 0 unspecified atom stereocenters. The number of pyridine rings is 1. The van der Waals surface area contributed by atoms with Crippen LogP contribution < -0.4 is 0 Å². The number of hydrogen-bond acceptors (Lipinski definition) is 3. The van der Waals surface area contributed by atoms with Gasteiger partial charge in [0.1, 0.15) is 5.15 Å². The van der Waals surface area contributed by atoms with Gasteiger partial charge in [0.15, 0.2) is 5.78 Å². The number of hydrogen-bond donors (Lipinski definition) is 0. The lowest BCUT2D eigenvalue weighted by molar-refractivity contribution is 0.0957. The van der Waals surface area contributed by atoms with Crippen LogP contribution >= 0.6 is 23.2 Å². The van der Waals surface area contributed by atoms with Gasteiger partial charge in [-0.15, -0.1) is 0 Å². The summed E-state index contributed by atoms with van der Waals surface area (Å²) in [4.78, 5) is 17.2. The Labute approximate surface area is 92.6 Å². The van der Waals surface area contributed by atoms with Crippen LogP contribution in [0.1, 0.15) is 10.4 Å². The molecule has 3 nitrogen and oxygen atoms in total. The smallest absolute Gasteiger partial charge is 0.179 e. The molecule has 0 aliphatic carbocycles. The first-order chi connectivity index (χ1) is 6.50. The Kier molecular flexibility index (Phi) is 3.86. The van der Waals surface area contributed by atoms with Gasteiger partial charge in [0, 0.05) is 6.20 Å². The van der Waals surface area contributed by atoms with E-state index in [2.05, 4.69) is 4.98 Å². The van der Waals surface area contributed by atoms with Crippen LogP contribution in [0, 0.1) is 0 Å². The lowest BCUT2D eigenvalue weighted by Gasteiger charge is -2.08. The quantitative estimate of drug-likeness (QED) is 0.592. The molecule has 14 heavy (non-hydrogen) atoms. The van der Waals surface area contributed by atoms with Crippen LogP contribution in [0.15, 0.2) is 12.3 Å². The third-order valence-corrected chi connectivity index (χ3v) is 2.07. The predicted octanol–water partition coefficient (Wildman–Crippen LogP) is 2.13. The second kappa shape index (κ2) is 4.73. The normalized spacial score (nSPS) is 10.6. The van der Waals surface area contributed by atoms with Crippen LogP contribution in [0.5, 0.6) is 0 Å². The molecule has 0 bridgehead atoms. The number of ketones is 1. The highest BCUT2D eigenvalue weighted by Crippen LogP contribution is 2.18. The largest absolute Gasteiger partial charge is 0.302 e. The number of aromatic nitrogens is 1. The second-order valence-corrected chi connectivity index (χ2v) is 3.95. The summed E-state index contributed by atoms with van der Waals surface area (Å²) in [5.74, 6) is -0.0880. The number of rotatable bonds is 3. The van der Waals surface area contributed by atoms with Crippen molar-refractivity contribution in [3.8, 4) is 0 Å². The molecular formula is C9H10Cl2N2O. The zero-order valence-corrected chi connectivity index (χ0v) is 9.43. The van der Waals surface area contributed by atoms with Crippen molar-refractivity contribution in [1.82, 2.24) is 9.88 Å². The molecular weight excluding hydrogens is 223 g/mol. The number of likely N-dealkylation sites (N-methyl/N-ethyl adjacent to an activating group) is 1. The van der Waals surface area contributed by atoms with Gasteiger partial charge in [-0.1, -0.05) is 23.2 Å². The molecule has 0 fully saturated rings. The van der Waals surface area contributed by atoms with Crippen LogP contribution in [0.3, 0.4) is 0 Å². The number of carbonyl (C=O) groups is 1. The third kappa shape index (κ3) is 2.94. The molecule has 5 heteroatoms. The summed E-state index contributed by atoms with van der Waals surface area (Å²) >= 11 is 11.5. The first-order valence-electron chi connectivity index (χ1n) is 3.99. The maximum absolute atomic E-state index is 11.6. The van der Waals surface area contributed by atoms with Crippen molar-refractivity contribution in [1.29, 1.82) is 0 Å². The fourth-order valence-corrected chi connectivity index (χ4v) is 1.36. The van der Waals surface area contributed by atoms with Crippen molar-refractivity contribution in [2.45, 2.75) is 0 Å². The molecule has 0 saturated heterocycles. The summed E-state index contributed by atoms with van der Waals surface area (Å²) in [6.07, 6.45) is 1.41. The fourth-order valence-electron chi connectivity index (χ4n) is 0.991. The highest BCUT2D eigenvalue weighted by Gasteiger charge is 2.12. The van der Waals surface area contributed by atoms with E-state index in [4.69, 9.17) is 23.2 Å². The zero-order chi connectivity index (χ0) is 10.7. The molecule has 0 radical (unpaired) electrons. The van der Waals surface area contributed by atoms with E-state index < -0.39 is 0 Å². The topological polar surface area (TPSA) is 33.2 Å². The zero-order valence-electron chi connectivity index (χ0n) is 7.92. The molecule has 1 rings (SSSR count). The Hall–Kier alpha value is -0.640. The maximum Gasteiger partial charge on any atom is 0.179 e. The predicted molar refractivity (Wildman–Crippen MR) is 57.1 cm³/mol. The highest BCUT2D eigenvalue weighted by molar-refractivity contribution is 6.34. The Balaban J connectivity index is 2.94.